The summed E-state index contributed by atoms with van der Waals surface area (Å²) >= 11 is 1.54. The van der Waals surface area contributed by atoms with Gasteiger partial charge in [-0.2, -0.15) is 4.98 Å². The third-order valence-corrected chi connectivity index (χ3v) is 6.14. The zero-order valence-electron chi connectivity index (χ0n) is 18.6. The lowest BCUT2D eigenvalue weighted by Gasteiger charge is -2.30. The first-order valence-electron chi connectivity index (χ1n) is 10.6. The van der Waals surface area contributed by atoms with Crippen molar-refractivity contribution in [2.24, 2.45) is 5.92 Å². The Morgan fingerprint density at radius 3 is 2.59 bits per heavy atom. The van der Waals surface area contributed by atoms with E-state index in [2.05, 4.69) is 29.0 Å². The maximum absolute atomic E-state index is 12.8. The molecule has 0 fully saturated rings. The average Bonchev–Trinajstić information content (AvgIpc) is 2.92. The molecule has 0 saturated heterocycles. The lowest BCUT2D eigenvalue weighted by atomic mass is 10.1. The van der Waals surface area contributed by atoms with Crippen LogP contribution in [0.1, 0.15) is 39.5 Å². The summed E-state index contributed by atoms with van der Waals surface area (Å²) in [6.45, 7) is 8.33. The van der Waals surface area contributed by atoms with Crippen molar-refractivity contribution in [1.29, 1.82) is 0 Å². The second kappa shape index (κ2) is 9.56. The summed E-state index contributed by atoms with van der Waals surface area (Å²) in [4.78, 5) is 19.1. The minimum absolute atomic E-state index is 0.147. The van der Waals surface area contributed by atoms with Crippen molar-refractivity contribution in [3.05, 3.63) is 54.1 Å². The third kappa shape index (κ3) is 4.55. The Bertz CT molecular complexity index is 1100. The Kier molecular flexibility index (Phi) is 6.60. The van der Waals surface area contributed by atoms with E-state index in [1.807, 2.05) is 55.5 Å². The number of carbonyl (C=O) groups is 1. The Morgan fingerprint density at radius 2 is 1.91 bits per heavy atom. The second-order valence-electron chi connectivity index (χ2n) is 7.83. The smallest absolute Gasteiger partial charge is 0.247 e. The standard InChI is InChI=1S/C24H26N4O3S/c1-5-30-18-12-10-17(11-13-18)23-28(16(4)29)20-9-7-6-8-19(20)21-22(31-23)25-24(27-26-21)32-14-15(2)3/h6-13,15,23H,5,14H2,1-4H3/t23-/m1/s1. The molecule has 1 atom stereocenters. The summed E-state index contributed by atoms with van der Waals surface area (Å²) in [5.74, 6) is 2.34. The largest absolute Gasteiger partial charge is 0.494 e. The first-order valence-corrected chi connectivity index (χ1v) is 11.6. The predicted octanol–water partition coefficient (Wildman–Crippen LogP) is 5.13. The van der Waals surface area contributed by atoms with Gasteiger partial charge in [0.25, 0.3) is 0 Å². The highest BCUT2D eigenvalue weighted by atomic mass is 32.2. The van der Waals surface area contributed by atoms with Crippen molar-refractivity contribution in [1.82, 2.24) is 15.2 Å². The van der Waals surface area contributed by atoms with Crippen LogP contribution in [0.3, 0.4) is 0 Å². The number of benzene rings is 2. The van der Waals surface area contributed by atoms with E-state index in [9.17, 15) is 4.79 Å². The van der Waals surface area contributed by atoms with Crippen molar-refractivity contribution in [2.45, 2.75) is 39.1 Å². The van der Waals surface area contributed by atoms with Gasteiger partial charge in [-0.25, -0.2) is 0 Å². The van der Waals surface area contributed by atoms with E-state index in [0.717, 1.165) is 22.6 Å². The number of aromatic nitrogens is 3. The van der Waals surface area contributed by atoms with Gasteiger partial charge in [-0.1, -0.05) is 43.8 Å². The van der Waals surface area contributed by atoms with Crippen LogP contribution in [-0.2, 0) is 4.79 Å². The van der Waals surface area contributed by atoms with Crippen LogP contribution in [0.5, 0.6) is 11.6 Å². The van der Waals surface area contributed by atoms with Crippen LogP contribution in [0.15, 0.2) is 53.7 Å². The molecule has 8 heteroatoms. The summed E-state index contributed by atoms with van der Waals surface area (Å²) in [5, 5.41) is 9.30. The minimum atomic E-state index is -0.703. The maximum Gasteiger partial charge on any atom is 0.247 e. The van der Waals surface area contributed by atoms with E-state index < -0.39 is 6.23 Å². The van der Waals surface area contributed by atoms with Gasteiger partial charge < -0.3 is 9.47 Å². The molecule has 3 aromatic rings. The Hall–Kier alpha value is -3.13. The third-order valence-electron chi connectivity index (χ3n) is 4.87. The normalized spacial score (nSPS) is 14.9. The molecule has 1 aliphatic rings. The lowest BCUT2D eigenvalue weighted by Crippen LogP contribution is -2.36. The monoisotopic (exact) mass is 450 g/mol. The summed E-state index contributed by atoms with van der Waals surface area (Å²) < 4.78 is 12.0. The maximum atomic E-state index is 12.8. The molecule has 0 N–H and O–H groups in total. The van der Waals surface area contributed by atoms with E-state index in [1.54, 1.807) is 4.90 Å². The highest BCUT2D eigenvalue weighted by molar-refractivity contribution is 7.99. The summed E-state index contributed by atoms with van der Waals surface area (Å²) in [7, 11) is 0. The zero-order chi connectivity index (χ0) is 22.7. The Labute approximate surface area is 192 Å². The molecule has 0 aliphatic carbocycles. The van der Waals surface area contributed by atoms with Crippen LogP contribution in [0.4, 0.5) is 5.69 Å². The number of rotatable bonds is 6. The highest BCUT2D eigenvalue weighted by Crippen LogP contribution is 2.43. The van der Waals surface area contributed by atoms with E-state index >= 15 is 0 Å². The van der Waals surface area contributed by atoms with E-state index in [-0.39, 0.29) is 5.91 Å². The molecular weight excluding hydrogens is 424 g/mol. The Morgan fingerprint density at radius 1 is 1.16 bits per heavy atom. The van der Waals surface area contributed by atoms with Crippen LogP contribution in [0.25, 0.3) is 11.3 Å². The number of thioether (sulfide) groups is 1. The highest BCUT2D eigenvalue weighted by Gasteiger charge is 2.34. The minimum Gasteiger partial charge on any atom is -0.494 e. The fourth-order valence-electron chi connectivity index (χ4n) is 3.47. The quantitative estimate of drug-likeness (QED) is 0.482. The molecule has 1 aromatic heterocycles. The van der Waals surface area contributed by atoms with Gasteiger partial charge in [0.2, 0.25) is 23.2 Å². The summed E-state index contributed by atoms with van der Waals surface area (Å²) in [5.41, 5.74) is 2.79. The van der Waals surface area contributed by atoms with Crippen molar-refractivity contribution >= 4 is 23.4 Å². The van der Waals surface area contributed by atoms with E-state index in [0.29, 0.717) is 34.9 Å². The first kappa shape index (κ1) is 22.1. The molecule has 0 unspecified atom stereocenters. The lowest BCUT2D eigenvalue weighted by molar-refractivity contribution is -0.118. The molecule has 0 bridgehead atoms. The van der Waals surface area contributed by atoms with Crippen LogP contribution in [-0.4, -0.2) is 33.4 Å². The molecule has 0 radical (unpaired) electrons. The molecule has 166 valence electrons. The Balaban J connectivity index is 1.82. The molecular formula is C24H26N4O3S. The summed E-state index contributed by atoms with van der Waals surface area (Å²) in [6.07, 6.45) is -0.703. The number of fused-ring (bicyclic) bond motifs is 3. The topological polar surface area (TPSA) is 77.4 Å². The zero-order valence-corrected chi connectivity index (χ0v) is 19.4. The van der Waals surface area contributed by atoms with Gasteiger partial charge >= 0.3 is 0 Å². The summed E-state index contributed by atoms with van der Waals surface area (Å²) in [6, 6.07) is 15.2. The van der Waals surface area contributed by atoms with Crippen molar-refractivity contribution in [3.63, 3.8) is 0 Å². The van der Waals surface area contributed by atoms with Gasteiger partial charge in [0, 0.05) is 23.8 Å². The van der Waals surface area contributed by atoms with Crippen LogP contribution in [0.2, 0.25) is 0 Å². The fourth-order valence-corrected chi connectivity index (χ4v) is 4.20. The SMILES string of the molecule is CCOc1ccc([C@H]2Oc3nc(SCC(C)C)nnc3-c3ccccc3N2C(C)=O)cc1. The number of hydrogen-bond acceptors (Lipinski definition) is 7. The number of anilines is 1. The predicted molar refractivity (Wildman–Crippen MR) is 125 cm³/mol. The molecule has 32 heavy (non-hydrogen) atoms. The van der Waals surface area contributed by atoms with Crippen molar-refractivity contribution < 1.29 is 14.3 Å². The van der Waals surface area contributed by atoms with Gasteiger partial charge in [0.1, 0.15) is 5.75 Å². The molecule has 2 aromatic carbocycles. The van der Waals surface area contributed by atoms with Gasteiger partial charge in [-0.05, 0) is 43.2 Å². The fraction of sp³-hybridized carbons (Fsp3) is 0.333. The van der Waals surface area contributed by atoms with Gasteiger partial charge in [0.05, 0.1) is 12.3 Å². The second-order valence-corrected chi connectivity index (χ2v) is 8.82. The molecule has 0 saturated carbocycles. The number of ether oxygens (including phenoxy) is 2. The van der Waals surface area contributed by atoms with Crippen LogP contribution < -0.4 is 14.4 Å². The number of amides is 1. The molecule has 1 amide bonds. The van der Waals surface area contributed by atoms with E-state index in [1.165, 1.54) is 18.7 Å². The number of para-hydroxylation sites is 1. The number of nitrogens with zero attached hydrogens (tertiary/aromatic N) is 4. The molecule has 1 aliphatic heterocycles. The number of hydrogen-bond donors (Lipinski definition) is 0. The van der Waals surface area contributed by atoms with E-state index in [4.69, 9.17) is 9.47 Å². The number of carbonyl (C=O) groups excluding carboxylic acids is 1. The molecule has 4 rings (SSSR count). The van der Waals surface area contributed by atoms with Crippen LogP contribution >= 0.6 is 11.8 Å². The molecule has 0 spiro atoms. The van der Waals surface area contributed by atoms with Crippen molar-refractivity contribution in [2.75, 3.05) is 17.3 Å². The van der Waals surface area contributed by atoms with Gasteiger partial charge in [0.15, 0.2) is 5.69 Å². The van der Waals surface area contributed by atoms with Gasteiger partial charge in [-0.15, -0.1) is 10.2 Å². The molecule has 2 heterocycles. The molecule has 7 nitrogen and oxygen atoms in total. The van der Waals surface area contributed by atoms with Gasteiger partial charge in [-0.3, -0.25) is 9.69 Å². The van der Waals surface area contributed by atoms with Crippen LogP contribution in [0, 0.1) is 5.92 Å². The first-order chi connectivity index (χ1) is 15.5. The van der Waals surface area contributed by atoms with Crippen molar-refractivity contribution in [3.8, 4) is 22.9 Å². The average molecular weight is 451 g/mol.